The number of aryl methyl sites for hydroxylation is 1. The first-order valence-electron chi connectivity index (χ1n) is 6.78. The third-order valence-corrected chi connectivity index (χ3v) is 3.80. The molecule has 2 heteroatoms. The van der Waals surface area contributed by atoms with E-state index in [1.165, 1.54) is 25.3 Å². The zero-order valence-corrected chi connectivity index (χ0v) is 11.0. The van der Waals surface area contributed by atoms with Crippen molar-refractivity contribution in [1.82, 2.24) is 0 Å². The lowest BCUT2D eigenvalue weighted by molar-refractivity contribution is 0.295. The monoisotopic (exact) mass is 248 g/mol. The van der Waals surface area contributed by atoms with E-state index >= 15 is 0 Å². The second kappa shape index (κ2) is 6.14. The molecule has 1 aliphatic carbocycles. The fourth-order valence-corrected chi connectivity index (χ4v) is 2.74. The molecule has 0 heterocycles. The van der Waals surface area contributed by atoms with Crippen LogP contribution >= 0.6 is 0 Å². The topological polar surface area (TPSA) is 20.2 Å². The molecule has 0 unspecified atom stereocenters. The molecule has 0 amide bonds. The van der Waals surface area contributed by atoms with Crippen LogP contribution in [0, 0.1) is 18.7 Å². The van der Waals surface area contributed by atoms with Crippen LogP contribution in [0.3, 0.4) is 0 Å². The van der Waals surface area contributed by atoms with Crippen LogP contribution < -0.4 is 0 Å². The van der Waals surface area contributed by atoms with Crippen LogP contribution in [0.5, 0.6) is 0 Å². The fraction of sp³-hybridized carbons (Fsp3) is 0.500. The maximum Gasteiger partial charge on any atom is 0.130 e. The van der Waals surface area contributed by atoms with Crippen molar-refractivity contribution < 1.29 is 9.50 Å². The Morgan fingerprint density at radius 2 is 2.06 bits per heavy atom. The van der Waals surface area contributed by atoms with E-state index in [2.05, 4.69) is 0 Å². The van der Waals surface area contributed by atoms with Gasteiger partial charge in [-0.25, -0.2) is 4.39 Å². The molecule has 0 saturated heterocycles. The Morgan fingerprint density at radius 3 is 2.72 bits per heavy atom. The van der Waals surface area contributed by atoms with Gasteiger partial charge in [-0.1, -0.05) is 37.0 Å². The Hall–Kier alpha value is -1.15. The SMILES string of the molecule is Cc1ccc(F)c(/C=C(/CO)C2CCCCC2)c1. The highest BCUT2D eigenvalue weighted by atomic mass is 19.1. The highest BCUT2D eigenvalue weighted by Gasteiger charge is 2.17. The molecule has 1 fully saturated rings. The van der Waals surface area contributed by atoms with Crippen molar-refractivity contribution >= 4 is 6.08 Å². The summed E-state index contributed by atoms with van der Waals surface area (Å²) in [6.07, 6.45) is 7.82. The maximum absolute atomic E-state index is 13.7. The van der Waals surface area contributed by atoms with Crippen LogP contribution in [-0.4, -0.2) is 11.7 Å². The van der Waals surface area contributed by atoms with Crippen LogP contribution in [-0.2, 0) is 0 Å². The molecule has 1 saturated carbocycles. The van der Waals surface area contributed by atoms with Gasteiger partial charge in [0.25, 0.3) is 0 Å². The molecular weight excluding hydrogens is 227 g/mol. The minimum atomic E-state index is -0.206. The second-order valence-corrected chi connectivity index (χ2v) is 5.24. The van der Waals surface area contributed by atoms with Crippen LogP contribution in [0.4, 0.5) is 4.39 Å². The zero-order chi connectivity index (χ0) is 13.0. The summed E-state index contributed by atoms with van der Waals surface area (Å²) in [7, 11) is 0. The normalized spacial score (nSPS) is 18.1. The number of aliphatic hydroxyl groups excluding tert-OH is 1. The predicted molar refractivity (Wildman–Crippen MR) is 72.8 cm³/mol. The van der Waals surface area contributed by atoms with Crippen molar-refractivity contribution in [3.8, 4) is 0 Å². The lowest BCUT2D eigenvalue weighted by Gasteiger charge is -2.23. The van der Waals surface area contributed by atoms with Crippen LogP contribution in [0.25, 0.3) is 6.08 Å². The molecule has 1 aliphatic rings. The number of benzene rings is 1. The molecule has 0 radical (unpaired) electrons. The summed E-state index contributed by atoms with van der Waals surface area (Å²) in [6, 6.07) is 5.11. The summed E-state index contributed by atoms with van der Waals surface area (Å²) in [5.41, 5.74) is 2.63. The highest BCUT2D eigenvalue weighted by molar-refractivity contribution is 5.55. The average Bonchev–Trinajstić information content (AvgIpc) is 2.41. The Kier molecular flexibility index (Phi) is 4.54. The van der Waals surface area contributed by atoms with Crippen molar-refractivity contribution in [2.75, 3.05) is 6.61 Å². The molecule has 0 spiro atoms. The third kappa shape index (κ3) is 3.20. The smallest absolute Gasteiger partial charge is 0.130 e. The van der Waals surface area contributed by atoms with Gasteiger partial charge in [-0.3, -0.25) is 0 Å². The summed E-state index contributed by atoms with van der Waals surface area (Å²) in [5, 5.41) is 9.51. The van der Waals surface area contributed by atoms with E-state index in [9.17, 15) is 9.50 Å². The first-order chi connectivity index (χ1) is 8.70. The van der Waals surface area contributed by atoms with E-state index in [1.807, 2.05) is 19.1 Å². The predicted octanol–water partition coefficient (Wildman–Crippen LogP) is 4.09. The van der Waals surface area contributed by atoms with E-state index < -0.39 is 0 Å². The summed E-state index contributed by atoms with van der Waals surface area (Å²) in [4.78, 5) is 0. The number of rotatable bonds is 3. The van der Waals surface area contributed by atoms with Gasteiger partial charge >= 0.3 is 0 Å². The summed E-state index contributed by atoms with van der Waals surface area (Å²) < 4.78 is 13.7. The second-order valence-electron chi connectivity index (χ2n) is 5.24. The molecule has 1 aromatic rings. The van der Waals surface area contributed by atoms with E-state index in [0.29, 0.717) is 11.5 Å². The van der Waals surface area contributed by atoms with Crippen molar-refractivity contribution in [3.05, 3.63) is 40.7 Å². The molecule has 0 aromatic heterocycles. The Bertz CT molecular complexity index is 431. The number of hydrogen-bond acceptors (Lipinski definition) is 1. The van der Waals surface area contributed by atoms with Gasteiger partial charge in [0.15, 0.2) is 0 Å². The lowest BCUT2D eigenvalue weighted by atomic mass is 9.83. The third-order valence-electron chi connectivity index (χ3n) is 3.80. The van der Waals surface area contributed by atoms with Gasteiger partial charge in [-0.05, 0) is 43.4 Å². The molecule has 18 heavy (non-hydrogen) atoms. The Balaban J connectivity index is 2.24. The molecule has 2 rings (SSSR count). The number of halogens is 1. The standard InChI is InChI=1S/C16H21FO/c1-12-7-8-16(17)14(9-12)10-15(11-18)13-5-3-2-4-6-13/h7-10,13,18H,2-6,11H2,1H3/b15-10-. The van der Waals surface area contributed by atoms with Gasteiger partial charge in [0, 0.05) is 5.56 Å². The Labute approximate surface area is 108 Å². The molecular formula is C16H21FO. The van der Waals surface area contributed by atoms with E-state index in [4.69, 9.17) is 0 Å². The number of hydrogen-bond donors (Lipinski definition) is 1. The molecule has 1 N–H and O–H groups in total. The van der Waals surface area contributed by atoms with Gasteiger partial charge < -0.3 is 5.11 Å². The van der Waals surface area contributed by atoms with Crippen molar-refractivity contribution in [1.29, 1.82) is 0 Å². The van der Waals surface area contributed by atoms with Crippen LogP contribution in [0.1, 0.15) is 43.2 Å². The summed E-state index contributed by atoms with van der Waals surface area (Å²) in [5.74, 6) is 0.228. The highest BCUT2D eigenvalue weighted by Crippen LogP contribution is 2.31. The summed E-state index contributed by atoms with van der Waals surface area (Å²) >= 11 is 0. The van der Waals surface area contributed by atoms with Gasteiger partial charge in [0.2, 0.25) is 0 Å². The van der Waals surface area contributed by atoms with Gasteiger partial charge in [0.05, 0.1) is 6.61 Å². The summed E-state index contributed by atoms with van der Waals surface area (Å²) in [6.45, 7) is 1.99. The van der Waals surface area contributed by atoms with Gasteiger partial charge in [0.1, 0.15) is 5.82 Å². The van der Waals surface area contributed by atoms with Crippen LogP contribution in [0.2, 0.25) is 0 Å². The van der Waals surface area contributed by atoms with Crippen molar-refractivity contribution in [3.63, 3.8) is 0 Å². The molecule has 98 valence electrons. The average molecular weight is 248 g/mol. The van der Waals surface area contributed by atoms with E-state index in [1.54, 1.807) is 6.07 Å². The quantitative estimate of drug-likeness (QED) is 0.854. The molecule has 1 nitrogen and oxygen atoms in total. The molecule has 0 aliphatic heterocycles. The van der Waals surface area contributed by atoms with Crippen molar-refractivity contribution in [2.45, 2.75) is 39.0 Å². The first-order valence-corrected chi connectivity index (χ1v) is 6.78. The Morgan fingerprint density at radius 1 is 1.33 bits per heavy atom. The zero-order valence-electron chi connectivity index (χ0n) is 11.0. The van der Waals surface area contributed by atoms with Crippen molar-refractivity contribution in [2.24, 2.45) is 5.92 Å². The molecule has 0 bridgehead atoms. The molecule has 0 atom stereocenters. The van der Waals surface area contributed by atoms with E-state index in [-0.39, 0.29) is 12.4 Å². The van der Waals surface area contributed by atoms with Gasteiger partial charge in [-0.15, -0.1) is 0 Å². The minimum absolute atomic E-state index is 0.0397. The first kappa shape index (κ1) is 13.3. The maximum atomic E-state index is 13.7. The lowest BCUT2D eigenvalue weighted by Crippen LogP contribution is -2.11. The fourth-order valence-electron chi connectivity index (χ4n) is 2.74. The van der Waals surface area contributed by atoms with Gasteiger partial charge in [-0.2, -0.15) is 0 Å². The minimum Gasteiger partial charge on any atom is -0.392 e. The van der Waals surface area contributed by atoms with E-state index in [0.717, 1.165) is 24.0 Å². The number of aliphatic hydroxyl groups is 1. The largest absolute Gasteiger partial charge is 0.392 e. The van der Waals surface area contributed by atoms with Crippen LogP contribution in [0.15, 0.2) is 23.8 Å². The molecule has 1 aromatic carbocycles.